The van der Waals surface area contributed by atoms with E-state index in [4.69, 9.17) is 0 Å². The minimum absolute atomic E-state index is 0.0116. The molecule has 0 aliphatic carbocycles. The summed E-state index contributed by atoms with van der Waals surface area (Å²) in [6, 6.07) is 1.46. The van der Waals surface area contributed by atoms with Crippen molar-refractivity contribution in [1.29, 1.82) is 0 Å². The van der Waals surface area contributed by atoms with Crippen molar-refractivity contribution in [2.24, 2.45) is 0 Å². The van der Waals surface area contributed by atoms with Crippen molar-refractivity contribution >= 4 is 29.5 Å². The summed E-state index contributed by atoms with van der Waals surface area (Å²) in [5.41, 5.74) is -2.26. The van der Waals surface area contributed by atoms with Crippen LogP contribution in [0.1, 0.15) is 75.4 Å². The molecule has 8 nitrogen and oxygen atoms in total. The molecule has 37 heavy (non-hydrogen) atoms. The minimum atomic E-state index is -4.60. The highest BCUT2D eigenvalue weighted by Gasteiger charge is 2.36. The second kappa shape index (κ2) is 11.8. The molecular formula is C25H36F3N5O3S. The van der Waals surface area contributed by atoms with Gasteiger partial charge in [0.25, 0.3) is 5.91 Å². The number of likely N-dealkylation sites (tertiary alicyclic amines) is 1. The zero-order valence-electron chi connectivity index (χ0n) is 22.3. The van der Waals surface area contributed by atoms with Gasteiger partial charge in [0.1, 0.15) is 5.82 Å². The fraction of sp³-hybridized carbons (Fsp3) is 0.600. The summed E-state index contributed by atoms with van der Waals surface area (Å²) in [5.74, 6) is -0.446. The summed E-state index contributed by atoms with van der Waals surface area (Å²) in [4.78, 5) is 32.7. The maximum Gasteiger partial charge on any atom is 0.417 e. The monoisotopic (exact) mass is 543 g/mol. The number of anilines is 1. The predicted octanol–water partition coefficient (Wildman–Crippen LogP) is 4.87. The maximum absolute atomic E-state index is 13.7. The number of carbonyl (C=O) groups excluding carboxylic acids is 2. The van der Waals surface area contributed by atoms with Gasteiger partial charge in [0.15, 0.2) is 5.01 Å². The third-order valence-corrected chi connectivity index (χ3v) is 6.56. The van der Waals surface area contributed by atoms with Gasteiger partial charge in [-0.05, 0) is 67.4 Å². The zero-order chi connectivity index (χ0) is 28.2. The molecule has 1 atom stereocenters. The Morgan fingerprint density at radius 3 is 2.38 bits per heavy atom. The minimum Gasteiger partial charge on any atom is -0.389 e. The number of aliphatic hydroxyl groups is 1. The second-order valence-electron chi connectivity index (χ2n) is 10.8. The Hall–Kier alpha value is -2.73. The van der Waals surface area contributed by atoms with Gasteiger partial charge < -0.3 is 20.6 Å². The molecule has 2 amide bonds. The van der Waals surface area contributed by atoms with E-state index in [1.54, 1.807) is 6.92 Å². The lowest BCUT2D eigenvalue weighted by molar-refractivity contribution is -0.137. The Balaban J connectivity index is 0.000000510. The van der Waals surface area contributed by atoms with E-state index < -0.39 is 28.8 Å². The molecule has 3 rings (SSSR count). The molecule has 0 saturated carbocycles. The summed E-state index contributed by atoms with van der Waals surface area (Å²) < 4.78 is 41.2. The van der Waals surface area contributed by atoms with E-state index >= 15 is 0 Å². The molecule has 1 aliphatic rings. The summed E-state index contributed by atoms with van der Waals surface area (Å²) in [6.45, 7) is 13.1. The topological polar surface area (TPSA) is 107 Å². The summed E-state index contributed by atoms with van der Waals surface area (Å²) in [7, 11) is 0. The fourth-order valence-corrected chi connectivity index (χ4v) is 4.56. The highest BCUT2D eigenvalue weighted by atomic mass is 32.1. The van der Waals surface area contributed by atoms with E-state index in [1.807, 2.05) is 25.7 Å². The average Bonchev–Trinajstić information content (AvgIpc) is 3.35. The maximum atomic E-state index is 13.7. The lowest BCUT2D eigenvalue weighted by atomic mass is 10.1. The smallest absolute Gasteiger partial charge is 0.389 e. The molecule has 206 valence electrons. The lowest BCUT2D eigenvalue weighted by Crippen LogP contribution is -2.38. The first-order valence-corrected chi connectivity index (χ1v) is 12.8. The first-order chi connectivity index (χ1) is 16.9. The van der Waals surface area contributed by atoms with Gasteiger partial charge >= 0.3 is 6.18 Å². The molecule has 1 fully saturated rings. The SMILES string of the molecule is CC1CCCN1C=O.Cc1nc(C(=O)NCC(C)(C)O)sc1-c1cnc(NC(C)(C)C)cc1C(F)(F)F. The first kappa shape index (κ1) is 30.5. The van der Waals surface area contributed by atoms with Crippen LogP contribution in [0.5, 0.6) is 0 Å². The highest BCUT2D eigenvalue weighted by Crippen LogP contribution is 2.41. The number of aromatic nitrogens is 2. The Morgan fingerprint density at radius 1 is 1.27 bits per heavy atom. The Morgan fingerprint density at radius 2 is 1.92 bits per heavy atom. The van der Waals surface area contributed by atoms with Gasteiger partial charge in [0.05, 0.1) is 21.7 Å². The van der Waals surface area contributed by atoms with Gasteiger partial charge in [-0.1, -0.05) is 0 Å². The third-order valence-electron chi connectivity index (χ3n) is 5.37. The molecule has 0 bridgehead atoms. The fourth-order valence-electron chi connectivity index (χ4n) is 3.55. The van der Waals surface area contributed by atoms with Crippen LogP contribution in [0.4, 0.5) is 19.0 Å². The molecule has 0 radical (unpaired) electrons. The molecule has 2 aromatic heterocycles. The molecule has 3 N–H and O–H groups in total. The van der Waals surface area contributed by atoms with Crippen molar-refractivity contribution in [2.75, 3.05) is 18.4 Å². The number of alkyl halides is 3. The van der Waals surface area contributed by atoms with Gasteiger partial charge in [-0.25, -0.2) is 9.97 Å². The predicted molar refractivity (Wildman–Crippen MR) is 139 cm³/mol. The van der Waals surface area contributed by atoms with Crippen molar-refractivity contribution in [3.05, 3.63) is 28.5 Å². The number of hydrogen-bond acceptors (Lipinski definition) is 7. The van der Waals surface area contributed by atoms with Gasteiger partial charge in [0, 0.05) is 36.4 Å². The van der Waals surface area contributed by atoms with Crippen LogP contribution in [0.25, 0.3) is 10.4 Å². The normalized spacial score (nSPS) is 16.2. The standard InChI is InChI=1S/C19H25F3N4O2S.C6H11NO/c1-10-14(29-16(25-10)15(27)24-9-18(5,6)28)11-8-23-13(26-17(2,3)4)7-12(11)19(20,21)22;1-6-3-2-4-7(6)5-8/h7-8,28H,9H2,1-6H3,(H,23,26)(H,24,27);5-6H,2-4H2,1H3. The summed E-state index contributed by atoms with van der Waals surface area (Å²) in [5, 5.41) is 15.2. The Bertz CT molecular complexity index is 1090. The lowest BCUT2D eigenvalue weighted by Gasteiger charge is -2.22. The largest absolute Gasteiger partial charge is 0.417 e. The van der Waals surface area contributed by atoms with Crippen LogP contribution in [-0.4, -0.2) is 62.6 Å². The summed E-state index contributed by atoms with van der Waals surface area (Å²) >= 11 is 0.855. The molecular weight excluding hydrogens is 507 g/mol. The van der Waals surface area contributed by atoms with E-state index in [0.717, 1.165) is 36.6 Å². The number of rotatable bonds is 6. The van der Waals surface area contributed by atoms with Gasteiger partial charge in [-0.2, -0.15) is 13.2 Å². The Kier molecular flexibility index (Phi) is 9.69. The number of carbonyl (C=O) groups is 2. The first-order valence-electron chi connectivity index (χ1n) is 12.0. The van der Waals surface area contributed by atoms with E-state index in [1.165, 1.54) is 26.7 Å². The van der Waals surface area contributed by atoms with E-state index in [9.17, 15) is 27.9 Å². The van der Waals surface area contributed by atoms with Crippen molar-refractivity contribution in [3.8, 4) is 10.4 Å². The average molecular weight is 544 g/mol. The quantitative estimate of drug-likeness (QED) is 0.449. The van der Waals surface area contributed by atoms with Gasteiger partial charge in [-0.3, -0.25) is 9.59 Å². The molecule has 3 heterocycles. The van der Waals surface area contributed by atoms with Crippen LogP contribution in [0.15, 0.2) is 12.3 Å². The van der Waals surface area contributed by atoms with Crippen molar-refractivity contribution < 1.29 is 27.9 Å². The van der Waals surface area contributed by atoms with Crippen LogP contribution in [0, 0.1) is 6.92 Å². The number of pyridine rings is 1. The molecule has 1 saturated heterocycles. The van der Waals surface area contributed by atoms with Crippen molar-refractivity contribution in [1.82, 2.24) is 20.2 Å². The molecule has 2 aromatic rings. The van der Waals surface area contributed by atoms with E-state index in [2.05, 4.69) is 27.5 Å². The number of aryl methyl sites for hydroxylation is 1. The van der Waals surface area contributed by atoms with Crippen LogP contribution in [0.2, 0.25) is 0 Å². The van der Waals surface area contributed by atoms with E-state index in [0.29, 0.717) is 11.7 Å². The number of hydrogen-bond donors (Lipinski definition) is 3. The number of halogens is 3. The van der Waals surface area contributed by atoms with Gasteiger partial charge in [0.2, 0.25) is 6.41 Å². The van der Waals surface area contributed by atoms with Crippen molar-refractivity contribution in [3.63, 3.8) is 0 Å². The molecule has 12 heteroatoms. The molecule has 1 unspecified atom stereocenters. The van der Waals surface area contributed by atoms with Crippen LogP contribution in [0.3, 0.4) is 0 Å². The van der Waals surface area contributed by atoms with Gasteiger partial charge in [-0.15, -0.1) is 11.3 Å². The number of nitrogens with zero attached hydrogens (tertiary/aromatic N) is 3. The summed E-state index contributed by atoms with van der Waals surface area (Å²) in [6.07, 6.45) is -0.154. The van der Waals surface area contributed by atoms with Crippen LogP contribution in [-0.2, 0) is 11.0 Å². The van der Waals surface area contributed by atoms with E-state index in [-0.39, 0.29) is 27.8 Å². The third kappa shape index (κ3) is 9.26. The highest BCUT2D eigenvalue weighted by molar-refractivity contribution is 7.17. The van der Waals surface area contributed by atoms with Crippen molar-refractivity contribution in [2.45, 2.75) is 84.7 Å². The zero-order valence-corrected chi connectivity index (χ0v) is 23.1. The number of thiazole rings is 1. The number of amides is 2. The number of nitrogens with one attached hydrogen (secondary N) is 2. The molecule has 0 aromatic carbocycles. The molecule has 1 aliphatic heterocycles. The van der Waals surface area contributed by atoms with Crippen LogP contribution < -0.4 is 10.6 Å². The second-order valence-corrected chi connectivity index (χ2v) is 11.8. The molecule has 0 spiro atoms. The Labute approximate surface area is 219 Å². The van der Waals surface area contributed by atoms with Crippen LogP contribution >= 0.6 is 11.3 Å².